The number of carboxylic acid groups (broad SMARTS) is 1. The molecule has 0 saturated heterocycles. The molecule has 0 aliphatic carbocycles. The molecule has 6 heteroatoms. The van der Waals surface area contributed by atoms with Crippen LogP contribution < -0.4 is 4.74 Å². The molecule has 0 aliphatic heterocycles. The minimum Gasteiger partial charge on any atom is -0.478 e. The van der Waals surface area contributed by atoms with E-state index in [1.165, 1.54) is 6.07 Å². The molecule has 1 N–H and O–H groups in total. The number of carboxylic acids is 1. The number of rotatable bonds is 5. The Morgan fingerprint density at radius 1 is 1.29 bits per heavy atom. The zero-order valence-corrected chi connectivity index (χ0v) is 11.3. The van der Waals surface area contributed by atoms with Crippen LogP contribution in [-0.2, 0) is 6.42 Å². The monoisotopic (exact) mass is 287 g/mol. The van der Waals surface area contributed by atoms with Gasteiger partial charge in [0.2, 0.25) is 5.75 Å². The summed E-state index contributed by atoms with van der Waals surface area (Å²) in [6.07, 6.45) is 0.800. The Hall–Kier alpha value is -2.89. The first kappa shape index (κ1) is 14.5. The van der Waals surface area contributed by atoms with Crippen molar-refractivity contribution in [3.8, 4) is 11.5 Å². The van der Waals surface area contributed by atoms with Crippen LogP contribution >= 0.6 is 0 Å². The van der Waals surface area contributed by atoms with Crippen LogP contribution in [0.2, 0.25) is 0 Å². The third-order valence-electron chi connectivity index (χ3n) is 2.94. The zero-order valence-electron chi connectivity index (χ0n) is 11.3. The summed E-state index contributed by atoms with van der Waals surface area (Å²) in [5.41, 5.74) is 0.675. The summed E-state index contributed by atoms with van der Waals surface area (Å²) >= 11 is 0. The zero-order chi connectivity index (χ0) is 15.4. The molecule has 21 heavy (non-hydrogen) atoms. The van der Waals surface area contributed by atoms with E-state index in [1.807, 2.05) is 13.0 Å². The third kappa shape index (κ3) is 3.36. The van der Waals surface area contributed by atoms with Crippen LogP contribution in [0.3, 0.4) is 0 Å². The second-order valence-corrected chi connectivity index (χ2v) is 4.35. The number of aromatic carboxylic acids is 1. The maximum absolute atomic E-state index is 11.0. The van der Waals surface area contributed by atoms with Crippen molar-refractivity contribution < 1.29 is 19.6 Å². The molecule has 108 valence electrons. The van der Waals surface area contributed by atoms with E-state index in [-0.39, 0.29) is 17.0 Å². The molecule has 0 unspecified atom stereocenters. The van der Waals surface area contributed by atoms with Gasteiger partial charge in [-0.15, -0.1) is 0 Å². The van der Waals surface area contributed by atoms with Gasteiger partial charge >= 0.3 is 11.7 Å². The van der Waals surface area contributed by atoms with Crippen molar-refractivity contribution in [3.63, 3.8) is 0 Å². The molecule has 0 aromatic heterocycles. The summed E-state index contributed by atoms with van der Waals surface area (Å²) in [6.45, 7) is 1.98. The van der Waals surface area contributed by atoms with Gasteiger partial charge in [0.25, 0.3) is 0 Å². The highest BCUT2D eigenvalue weighted by Crippen LogP contribution is 2.32. The van der Waals surface area contributed by atoms with Gasteiger partial charge in [0.15, 0.2) is 0 Å². The second-order valence-electron chi connectivity index (χ2n) is 4.35. The van der Waals surface area contributed by atoms with Gasteiger partial charge in [0.1, 0.15) is 5.75 Å². The lowest BCUT2D eigenvalue weighted by Crippen LogP contribution is -1.99. The molecule has 0 amide bonds. The maximum Gasteiger partial charge on any atom is 0.335 e. The Labute approximate surface area is 120 Å². The number of benzene rings is 2. The molecule has 0 spiro atoms. The molecule has 2 aromatic carbocycles. The van der Waals surface area contributed by atoms with Crippen molar-refractivity contribution >= 4 is 11.7 Å². The lowest BCUT2D eigenvalue weighted by atomic mass is 10.1. The van der Waals surface area contributed by atoms with Crippen molar-refractivity contribution in [2.75, 3.05) is 0 Å². The molecule has 6 nitrogen and oxygen atoms in total. The van der Waals surface area contributed by atoms with E-state index >= 15 is 0 Å². The Morgan fingerprint density at radius 3 is 2.67 bits per heavy atom. The van der Waals surface area contributed by atoms with Gasteiger partial charge in [-0.3, -0.25) is 10.1 Å². The van der Waals surface area contributed by atoms with Crippen molar-refractivity contribution in [3.05, 3.63) is 63.7 Å². The predicted octanol–water partition coefficient (Wildman–Crippen LogP) is 3.65. The maximum atomic E-state index is 11.0. The number of nitro groups is 1. The molecule has 0 saturated carbocycles. The lowest BCUT2D eigenvalue weighted by Gasteiger charge is -2.08. The summed E-state index contributed by atoms with van der Waals surface area (Å²) in [7, 11) is 0. The Morgan fingerprint density at radius 2 is 2.05 bits per heavy atom. The number of nitrogens with zero attached hydrogens (tertiary/aromatic N) is 1. The summed E-state index contributed by atoms with van der Waals surface area (Å²) in [5.74, 6) is -0.829. The van der Waals surface area contributed by atoms with Gasteiger partial charge in [-0.25, -0.2) is 4.79 Å². The molecule has 2 rings (SSSR count). The smallest absolute Gasteiger partial charge is 0.335 e. The van der Waals surface area contributed by atoms with Crippen molar-refractivity contribution in [2.24, 2.45) is 0 Å². The number of hydrogen-bond acceptors (Lipinski definition) is 4. The number of nitro benzene ring substituents is 1. The van der Waals surface area contributed by atoms with Crippen molar-refractivity contribution in [1.82, 2.24) is 0 Å². The van der Waals surface area contributed by atoms with Crippen molar-refractivity contribution in [1.29, 1.82) is 0 Å². The van der Waals surface area contributed by atoms with E-state index in [1.54, 1.807) is 18.2 Å². The van der Waals surface area contributed by atoms with Crippen LogP contribution in [0.1, 0.15) is 22.8 Å². The van der Waals surface area contributed by atoms with Crippen molar-refractivity contribution in [2.45, 2.75) is 13.3 Å². The molecule has 0 atom stereocenters. The Kier molecular flexibility index (Phi) is 4.18. The fraction of sp³-hybridized carbons (Fsp3) is 0.133. The van der Waals surface area contributed by atoms with Gasteiger partial charge in [0, 0.05) is 12.1 Å². The third-order valence-corrected chi connectivity index (χ3v) is 2.94. The van der Waals surface area contributed by atoms with Gasteiger partial charge < -0.3 is 9.84 Å². The topological polar surface area (TPSA) is 89.7 Å². The molecule has 0 fully saturated rings. The van der Waals surface area contributed by atoms with Crippen LogP contribution in [0.25, 0.3) is 0 Å². The van der Waals surface area contributed by atoms with E-state index in [4.69, 9.17) is 9.84 Å². The first-order chi connectivity index (χ1) is 10.0. The predicted molar refractivity (Wildman–Crippen MR) is 75.9 cm³/mol. The van der Waals surface area contributed by atoms with Crippen LogP contribution in [0.15, 0.2) is 42.5 Å². The highest BCUT2D eigenvalue weighted by atomic mass is 16.6. The molecule has 0 radical (unpaired) electrons. The quantitative estimate of drug-likeness (QED) is 0.669. The first-order valence-electron chi connectivity index (χ1n) is 6.29. The van der Waals surface area contributed by atoms with Gasteiger partial charge in [-0.05, 0) is 30.2 Å². The van der Waals surface area contributed by atoms with E-state index in [0.717, 1.165) is 24.1 Å². The Bertz CT molecular complexity index is 696. The van der Waals surface area contributed by atoms with E-state index in [9.17, 15) is 14.9 Å². The summed E-state index contributed by atoms with van der Waals surface area (Å²) < 4.78 is 5.50. The second kappa shape index (κ2) is 6.04. The van der Waals surface area contributed by atoms with Crippen LogP contribution in [0, 0.1) is 10.1 Å². The Balaban J connectivity index is 2.42. The number of ether oxygens (including phenoxy) is 1. The fourth-order valence-electron chi connectivity index (χ4n) is 1.84. The summed E-state index contributed by atoms with van der Waals surface area (Å²) in [6, 6.07) is 10.6. The molecule has 0 heterocycles. The summed E-state index contributed by atoms with van der Waals surface area (Å²) in [4.78, 5) is 21.3. The highest BCUT2D eigenvalue weighted by Gasteiger charge is 2.18. The van der Waals surface area contributed by atoms with E-state index < -0.39 is 10.9 Å². The SMILES string of the molecule is CCc1cccc(Oc2cc(C(=O)O)ccc2[N+](=O)[O-])c1. The van der Waals surface area contributed by atoms with E-state index in [0.29, 0.717) is 5.75 Å². The number of hydrogen-bond donors (Lipinski definition) is 1. The molecule has 0 aliphatic rings. The minimum absolute atomic E-state index is 0.0674. The van der Waals surface area contributed by atoms with Crippen LogP contribution in [-0.4, -0.2) is 16.0 Å². The normalized spacial score (nSPS) is 10.1. The van der Waals surface area contributed by atoms with Gasteiger partial charge in [-0.1, -0.05) is 19.1 Å². The van der Waals surface area contributed by atoms with Crippen LogP contribution in [0.4, 0.5) is 5.69 Å². The average Bonchev–Trinajstić information content (AvgIpc) is 2.47. The minimum atomic E-state index is -1.17. The summed E-state index contributed by atoms with van der Waals surface area (Å²) in [5, 5.41) is 20.0. The largest absolute Gasteiger partial charge is 0.478 e. The van der Waals surface area contributed by atoms with E-state index in [2.05, 4.69) is 0 Å². The highest BCUT2D eigenvalue weighted by molar-refractivity contribution is 5.88. The molecular formula is C15H13NO5. The average molecular weight is 287 g/mol. The molecule has 2 aromatic rings. The lowest BCUT2D eigenvalue weighted by molar-refractivity contribution is -0.385. The number of aryl methyl sites for hydroxylation is 1. The number of carbonyl (C=O) groups is 1. The first-order valence-corrected chi connectivity index (χ1v) is 6.29. The fourth-order valence-corrected chi connectivity index (χ4v) is 1.84. The standard InChI is InChI=1S/C15H13NO5/c1-2-10-4-3-5-12(8-10)21-14-9-11(15(17)18)6-7-13(14)16(19)20/h3-9H,2H2,1H3,(H,17,18). The van der Waals surface area contributed by atoms with Crippen LogP contribution in [0.5, 0.6) is 11.5 Å². The van der Waals surface area contributed by atoms with Gasteiger partial charge in [0.05, 0.1) is 10.5 Å². The molecule has 0 bridgehead atoms. The van der Waals surface area contributed by atoms with Gasteiger partial charge in [-0.2, -0.15) is 0 Å². The molecular weight excluding hydrogens is 274 g/mol.